The molecule has 2 heterocycles. The van der Waals surface area contributed by atoms with Crippen molar-refractivity contribution >= 4 is 21.8 Å². The maximum Gasteiger partial charge on any atom is 0.256 e. The summed E-state index contributed by atoms with van der Waals surface area (Å²) in [6.45, 7) is 0.270. The number of nitrogens with one attached hydrogen (secondary N) is 1. The second-order valence-corrected chi connectivity index (χ2v) is 7.81. The van der Waals surface area contributed by atoms with Crippen LogP contribution in [0.3, 0.4) is 0 Å². The number of nitriles is 1. The number of amidine groups is 1. The van der Waals surface area contributed by atoms with Gasteiger partial charge in [-0.2, -0.15) is 5.26 Å². The van der Waals surface area contributed by atoms with Gasteiger partial charge in [0, 0.05) is 12.7 Å². The predicted octanol–water partition coefficient (Wildman–Crippen LogP) is 0.827. The second-order valence-electron chi connectivity index (χ2n) is 6.06. The molecule has 1 saturated carbocycles. The van der Waals surface area contributed by atoms with Gasteiger partial charge in [-0.3, -0.25) is 4.79 Å². The molecule has 0 saturated heterocycles. The topological polar surface area (TPSA) is 103 Å². The molecule has 0 aromatic rings. The van der Waals surface area contributed by atoms with Crippen molar-refractivity contribution in [2.24, 2.45) is 4.40 Å². The summed E-state index contributed by atoms with van der Waals surface area (Å²) < 4.78 is 26.6. The van der Waals surface area contributed by atoms with E-state index in [4.69, 9.17) is 0 Å². The standard InChI is InChI=1S/C15H18N4O3S/c16-11-15(6-2-1-3-7-15)17-14(20)12-4-5-13-18-23(21,22)9-8-19(13)10-12/h4-5,10H,1-3,6-9H2,(H,17,20). The molecule has 3 rings (SSSR count). The predicted molar refractivity (Wildman–Crippen MR) is 84.7 cm³/mol. The van der Waals surface area contributed by atoms with Crippen LogP contribution in [0.1, 0.15) is 32.1 Å². The zero-order valence-corrected chi connectivity index (χ0v) is 13.5. The van der Waals surface area contributed by atoms with E-state index in [0.717, 1.165) is 19.3 Å². The van der Waals surface area contributed by atoms with Gasteiger partial charge in [0.2, 0.25) is 0 Å². The molecule has 8 heteroatoms. The van der Waals surface area contributed by atoms with Gasteiger partial charge in [0.25, 0.3) is 15.9 Å². The summed E-state index contributed by atoms with van der Waals surface area (Å²) in [6, 6.07) is 2.25. The molecule has 1 amide bonds. The molecule has 2 aliphatic heterocycles. The van der Waals surface area contributed by atoms with Crippen LogP contribution < -0.4 is 5.32 Å². The van der Waals surface area contributed by atoms with Crippen LogP contribution >= 0.6 is 0 Å². The normalized spacial score (nSPS) is 24.7. The Bertz CT molecular complexity index is 752. The Morgan fingerprint density at radius 2 is 2.04 bits per heavy atom. The van der Waals surface area contributed by atoms with E-state index in [0.29, 0.717) is 24.3 Å². The number of hydrogen-bond acceptors (Lipinski definition) is 5. The number of hydrogen-bond donors (Lipinski definition) is 1. The SMILES string of the molecule is N#CC1(NC(=O)C2=CN3CCS(=O)(=O)N=C3C=C2)CCCCC1. The van der Waals surface area contributed by atoms with E-state index in [1.807, 2.05) is 0 Å². The van der Waals surface area contributed by atoms with Crippen molar-refractivity contribution in [2.45, 2.75) is 37.6 Å². The Balaban J connectivity index is 1.76. The molecular formula is C15H18N4O3S. The number of carbonyl (C=O) groups excluding carboxylic acids is 1. The van der Waals surface area contributed by atoms with E-state index >= 15 is 0 Å². The van der Waals surface area contributed by atoms with E-state index < -0.39 is 15.6 Å². The molecule has 0 aromatic heterocycles. The Morgan fingerprint density at radius 1 is 1.30 bits per heavy atom. The third-order valence-corrected chi connectivity index (χ3v) is 5.52. The Labute approximate surface area is 135 Å². The molecule has 0 bridgehead atoms. The molecule has 0 radical (unpaired) electrons. The molecule has 0 aromatic carbocycles. The van der Waals surface area contributed by atoms with Crippen molar-refractivity contribution in [1.82, 2.24) is 10.2 Å². The molecule has 0 atom stereocenters. The molecule has 1 aliphatic carbocycles. The van der Waals surface area contributed by atoms with Crippen LogP contribution in [0.15, 0.2) is 28.3 Å². The minimum absolute atomic E-state index is 0.0716. The third kappa shape index (κ3) is 3.29. The van der Waals surface area contributed by atoms with Gasteiger partial charge in [-0.1, -0.05) is 19.3 Å². The average molecular weight is 334 g/mol. The molecule has 1 N–H and O–H groups in total. The lowest BCUT2D eigenvalue weighted by molar-refractivity contribution is -0.118. The van der Waals surface area contributed by atoms with Crippen LogP contribution in [0.5, 0.6) is 0 Å². The molecule has 23 heavy (non-hydrogen) atoms. The summed E-state index contributed by atoms with van der Waals surface area (Å²) in [4.78, 5) is 14.1. The lowest BCUT2D eigenvalue weighted by Gasteiger charge is -2.32. The van der Waals surface area contributed by atoms with Crippen LogP contribution in [0.2, 0.25) is 0 Å². The van der Waals surface area contributed by atoms with Gasteiger partial charge in [-0.05, 0) is 25.0 Å². The van der Waals surface area contributed by atoms with Gasteiger partial charge in [0.05, 0.1) is 17.4 Å². The lowest BCUT2D eigenvalue weighted by Crippen LogP contribution is -2.49. The second kappa shape index (κ2) is 5.81. The Hall–Kier alpha value is -2.14. The maximum absolute atomic E-state index is 12.5. The first kappa shape index (κ1) is 15.7. The fourth-order valence-electron chi connectivity index (χ4n) is 3.04. The highest BCUT2D eigenvalue weighted by Crippen LogP contribution is 2.28. The van der Waals surface area contributed by atoms with E-state index in [1.165, 1.54) is 6.08 Å². The molecule has 3 aliphatic rings. The maximum atomic E-state index is 12.5. The van der Waals surface area contributed by atoms with E-state index in [1.54, 1.807) is 17.2 Å². The van der Waals surface area contributed by atoms with E-state index in [9.17, 15) is 18.5 Å². The van der Waals surface area contributed by atoms with Gasteiger partial charge in [0.15, 0.2) is 0 Å². The number of amides is 1. The first-order chi connectivity index (χ1) is 10.9. The number of rotatable bonds is 2. The number of sulfonamides is 1. The van der Waals surface area contributed by atoms with Gasteiger partial charge in [-0.25, -0.2) is 8.42 Å². The molecule has 1 fully saturated rings. The van der Waals surface area contributed by atoms with Crippen molar-refractivity contribution in [3.63, 3.8) is 0 Å². The van der Waals surface area contributed by atoms with Gasteiger partial charge in [-0.15, -0.1) is 4.40 Å². The van der Waals surface area contributed by atoms with Crippen molar-refractivity contribution in [3.8, 4) is 6.07 Å². The van der Waals surface area contributed by atoms with Gasteiger partial charge in [0.1, 0.15) is 11.4 Å². The minimum Gasteiger partial charge on any atom is -0.334 e. The Kier molecular flexibility index (Phi) is 3.98. The average Bonchev–Trinajstić information content (AvgIpc) is 2.54. The van der Waals surface area contributed by atoms with Crippen LogP contribution in [0.4, 0.5) is 0 Å². The van der Waals surface area contributed by atoms with Crippen molar-refractivity contribution in [1.29, 1.82) is 5.26 Å². The fraction of sp³-hybridized carbons (Fsp3) is 0.533. The van der Waals surface area contributed by atoms with Gasteiger partial charge < -0.3 is 10.2 Å². The van der Waals surface area contributed by atoms with E-state index in [2.05, 4.69) is 15.8 Å². The van der Waals surface area contributed by atoms with Crippen LogP contribution in [-0.4, -0.2) is 42.9 Å². The summed E-state index contributed by atoms with van der Waals surface area (Å²) in [5, 5.41) is 12.3. The largest absolute Gasteiger partial charge is 0.334 e. The molecule has 7 nitrogen and oxygen atoms in total. The minimum atomic E-state index is -3.41. The zero-order chi connectivity index (χ0) is 16.5. The first-order valence-corrected chi connectivity index (χ1v) is 9.27. The quantitative estimate of drug-likeness (QED) is 0.805. The highest BCUT2D eigenvalue weighted by Gasteiger charge is 2.34. The van der Waals surface area contributed by atoms with E-state index in [-0.39, 0.29) is 18.2 Å². The highest BCUT2D eigenvalue weighted by molar-refractivity contribution is 7.90. The monoisotopic (exact) mass is 334 g/mol. The smallest absolute Gasteiger partial charge is 0.256 e. The molecule has 0 spiro atoms. The lowest BCUT2D eigenvalue weighted by atomic mass is 9.82. The Morgan fingerprint density at radius 3 is 2.74 bits per heavy atom. The first-order valence-electron chi connectivity index (χ1n) is 7.66. The zero-order valence-electron chi connectivity index (χ0n) is 12.7. The summed E-state index contributed by atoms with van der Waals surface area (Å²) in [7, 11) is -3.41. The molecule has 122 valence electrons. The van der Waals surface area contributed by atoms with Crippen molar-refractivity contribution in [2.75, 3.05) is 12.3 Å². The van der Waals surface area contributed by atoms with Crippen LogP contribution in [0, 0.1) is 11.3 Å². The summed E-state index contributed by atoms with van der Waals surface area (Å²) >= 11 is 0. The van der Waals surface area contributed by atoms with Crippen LogP contribution in [-0.2, 0) is 14.8 Å². The fourth-order valence-corrected chi connectivity index (χ4v) is 4.01. The summed E-state index contributed by atoms with van der Waals surface area (Å²) in [5.74, 6) is -0.0598. The van der Waals surface area contributed by atoms with Gasteiger partial charge >= 0.3 is 0 Å². The van der Waals surface area contributed by atoms with Crippen LogP contribution in [0.25, 0.3) is 0 Å². The highest BCUT2D eigenvalue weighted by atomic mass is 32.2. The van der Waals surface area contributed by atoms with Crippen molar-refractivity contribution in [3.05, 3.63) is 23.9 Å². The molecular weight excluding hydrogens is 316 g/mol. The summed E-state index contributed by atoms with van der Waals surface area (Å²) in [6.07, 6.45) is 8.94. The summed E-state index contributed by atoms with van der Waals surface area (Å²) in [5.41, 5.74) is -0.382. The third-order valence-electron chi connectivity index (χ3n) is 4.36. The number of carbonyl (C=O) groups is 1. The number of nitrogens with zero attached hydrogens (tertiary/aromatic N) is 3. The van der Waals surface area contributed by atoms with Crippen molar-refractivity contribution < 1.29 is 13.2 Å². The molecule has 0 unspecified atom stereocenters. The number of fused-ring (bicyclic) bond motifs is 1.